The molecule has 1 saturated heterocycles. The standard InChI is InChI=1S/C37H43N3O10/c1-39(2)30-25-16-21-15-24-23(19-6-4-18(5-7-19)14-22(41)17-40-12-10-20(11-13-40)36(48)50-3)8-9-26(42)28(24)31(43)27(21)33(45)37(25,49)34(46)29(32(30)44)35(38)47/h4-9,20-21,25,29-30,32,42-44,49H,10-17H2,1-3H3,(H2,38,47)/t21-,25-,29?,30?,32?,37-/m1/s1. The Morgan fingerprint density at radius 3 is 2.30 bits per heavy atom. The van der Waals surface area contributed by atoms with Crippen LogP contribution < -0.4 is 5.73 Å². The third-order valence-electron chi connectivity index (χ3n) is 11.2. The number of fused-ring (bicyclic) bond motifs is 3. The highest BCUT2D eigenvalue weighted by Crippen LogP contribution is 2.53. The highest BCUT2D eigenvalue weighted by molar-refractivity contribution is 6.25. The van der Waals surface area contributed by atoms with Gasteiger partial charge in [0, 0.05) is 24.0 Å². The zero-order chi connectivity index (χ0) is 36.2. The summed E-state index contributed by atoms with van der Waals surface area (Å²) in [4.78, 5) is 68.2. The molecule has 2 saturated carbocycles. The molecule has 6 rings (SSSR count). The molecule has 3 fully saturated rings. The number of benzene rings is 2. The molecular formula is C37H43N3O10. The van der Waals surface area contributed by atoms with Crippen LogP contribution >= 0.6 is 0 Å². The maximum atomic E-state index is 14.1. The first-order valence-electron chi connectivity index (χ1n) is 16.8. The molecule has 1 aliphatic heterocycles. The van der Waals surface area contributed by atoms with Crippen LogP contribution in [0.15, 0.2) is 42.0 Å². The number of aliphatic hydroxyl groups is 3. The molecule has 6 N–H and O–H groups in total. The van der Waals surface area contributed by atoms with Crippen LogP contribution in [0.4, 0.5) is 0 Å². The van der Waals surface area contributed by atoms with Crippen molar-refractivity contribution < 1.29 is 49.1 Å². The fourth-order valence-electron chi connectivity index (χ4n) is 8.70. The van der Waals surface area contributed by atoms with E-state index in [-0.39, 0.29) is 60.4 Å². The van der Waals surface area contributed by atoms with E-state index in [2.05, 4.69) is 0 Å². The van der Waals surface area contributed by atoms with Crippen molar-refractivity contribution in [1.29, 1.82) is 0 Å². The van der Waals surface area contributed by atoms with Gasteiger partial charge < -0.3 is 35.8 Å². The number of nitrogens with zero attached hydrogens (tertiary/aromatic N) is 2. The number of hydrogen-bond acceptors (Lipinski definition) is 12. The zero-order valence-electron chi connectivity index (χ0n) is 28.3. The summed E-state index contributed by atoms with van der Waals surface area (Å²) in [7, 11) is 4.59. The second kappa shape index (κ2) is 13.4. The van der Waals surface area contributed by atoms with E-state index in [1.165, 1.54) is 13.2 Å². The average molecular weight is 690 g/mol. The summed E-state index contributed by atoms with van der Waals surface area (Å²) < 4.78 is 4.84. The Hall–Kier alpha value is -4.43. The van der Waals surface area contributed by atoms with Crippen LogP contribution in [0.2, 0.25) is 0 Å². The SMILES string of the molecule is COC(=O)C1CCN(CC(=O)Cc2ccc(-c3ccc(O)c4c3C[C@@H]3C[C@@H]5C(N(C)C)C(O)C(C(N)=O)C(=O)[C@]5(O)C(=O)C3=C4O)cc2)CC1. The van der Waals surface area contributed by atoms with Crippen LogP contribution in [0.5, 0.6) is 5.75 Å². The number of hydrogen-bond donors (Lipinski definition) is 5. The minimum atomic E-state index is -2.72. The van der Waals surface area contributed by atoms with E-state index >= 15 is 0 Å². The number of ether oxygens (including phenoxy) is 1. The summed E-state index contributed by atoms with van der Waals surface area (Å²) in [6.07, 6.45) is 0.163. The Kier molecular flexibility index (Phi) is 9.46. The van der Waals surface area contributed by atoms with Crippen molar-refractivity contribution in [3.63, 3.8) is 0 Å². The minimum Gasteiger partial charge on any atom is -0.507 e. The topological polar surface area (TPSA) is 208 Å². The highest BCUT2D eigenvalue weighted by Gasteiger charge is 2.67. The first kappa shape index (κ1) is 35.4. The van der Waals surface area contributed by atoms with Gasteiger partial charge in [0.15, 0.2) is 17.2 Å². The first-order chi connectivity index (χ1) is 23.7. The second-order valence-electron chi connectivity index (χ2n) is 14.3. The number of rotatable bonds is 8. The molecular weight excluding hydrogens is 646 g/mol. The first-order valence-corrected chi connectivity index (χ1v) is 16.8. The molecule has 2 aromatic carbocycles. The molecule has 13 heteroatoms. The van der Waals surface area contributed by atoms with Crippen molar-refractivity contribution in [1.82, 2.24) is 9.80 Å². The summed E-state index contributed by atoms with van der Waals surface area (Å²) in [6, 6.07) is 9.51. The van der Waals surface area contributed by atoms with E-state index in [9.17, 15) is 44.4 Å². The summed E-state index contributed by atoms with van der Waals surface area (Å²) in [5, 5.41) is 45.4. The normalized spacial score (nSPS) is 28.6. The number of piperidine rings is 1. The van der Waals surface area contributed by atoms with E-state index in [0.717, 1.165) is 11.1 Å². The number of methoxy groups -OCH3 is 1. The molecule has 0 radical (unpaired) electrons. The van der Waals surface area contributed by atoms with Crippen molar-refractivity contribution in [3.8, 4) is 16.9 Å². The van der Waals surface area contributed by atoms with Gasteiger partial charge in [-0.05, 0) is 87.1 Å². The van der Waals surface area contributed by atoms with Crippen molar-refractivity contribution in [2.24, 2.45) is 29.4 Å². The molecule has 0 aromatic heterocycles. The van der Waals surface area contributed by atoms with Gasteiger partial charge in [-0.2, -0.15) is 0 Å². The number of carbonyl (C=O) groups excluding carboxylic acids is 5. The number of ketones is 3. The Bertz CT molecular complexity index is 1780. The van der Waals surface area contributed by atoms with Gasteiger partial charge in [0.25, 0.3) is 0 Å². The number of Topliss-reactive ketones (excluding diaryl/α,β-unsaturated/α-hetero) is 3. The van der Waals surface area contributed by atoms with Crippen LogP contribution in [0.1, 0.15) is 36.0 Å². The molecule has 4 aliphatic rings. The molecule has 3 aliphatic carbocycles. The zero-order valence-corrected chi connectivity index (χ0v) is 28.3. The number of likely N-dealkylation sites (tertiary alicyclic amines) is 1. The van der Waals surface area contributed by atoms with Crippen LogP contribution in [0, 0.1) is 23.7 Å². The molecule has 3 unspecified atom stereocenters. The number of carbonyl (C=O) groups is 5. The predicted octanol–water partition coefficient (Wildman–Crippen LogP) is 0.793. The molecule has 266 valence electrons. The summed E-state index contributed by atoms with van der Waals surface area (Å²) >= 11 is 0. The summed E-state index contributed by atoms with van der Waals surface area (Å²) in [5.41, 5.74) is 5.33. The molecule has 0 bridgehead atoms. The largest absolute Gasteiger partial charge is 0.507 e. The van der Waals surface area contributed by atoms with Gasteiger partial charge in [0.05, 0.1) is 31.2 Å². The van der Waals surface area contributed by atoms with Crippen LogP contribution in [-0.4, -0.2) is 118 Å². The molecule has 2 aromatic rings. The van der Waals surface area contributed by atoms with Gasteiger partial charge in [-0.1, -0.05) is 30.3 Å². The number of aromatic hydroxyl groups is 1. The number of esters is 1. The Labute approximate surface area is 289 Å². The number of phenols is 1. The predicted molar refractivity (Wildman–Crippen MR) is 179 cm³/mol. The van der Waals surface area contributed by atoms with Crippen molar-refractivity contribution >= 4 is 35.0 Å². The van der Waals surface area contributed by atoms with Crippen molar-refractivity contribution in [3.05, 3.63) is 58.7 Å². The summed E-state index contributed by atoms with van der Waals surface area (Å²) in [6.45, 7) is 1.57. The molecule has 0 spiro atoms. The fourth-order valence-corrected chi connectivity index (χ4v) is 8.70. The van der Waals surface area contributed by atoms with E-state index in [1.54, 1.807) is 25.1 Å². The lowest BCUT2D eigenvalue weighted by molar-refractivity contribution is -0.184. The highest BCUT2D eigenvalue weighted by atomic mass is 16.5. The third-order valence-corrected chi connectivity index (χ3v) is 11.2. The van der Waals surface area contributed by atoms with E-state index < -0.39 is 58.7 Å². The third kappa shape index (κ3) is 5.81. The van der Waals surface area contributed by atoms with Crippen molar-refractivity contribution in [2.45, 2.75) is 49.9 Å². The number of primary amides is 1. The van der Waals surface area contributed by atoms with Gasteiger partial charge in [-0.3, -0.25) is 28.9 Å². The quantitative estimate of drug-likeness (QED) is 0.193. The number of likely N-dealkylation sites (N-methyl/N-ethyl adjacent to an activating group) is 1. The van der Waals surface area contributed by atoms with Gasteiger partial charge in [-0.25, -0.2) is 0 Å². The van der Waals surface area contributed by atoms with Gasteiger partial charge in [-0.15, -0.1) is 0 Å². The van der Waals surface area contributed by atoms with E-state index in [1.807, 2.05) is 29.2 Å². The molecule has 1 amide bonds. The lowest BCUT2D eigenvalue weighted by atomic mass is 9.54. The lowest BCUT2D eigenvalue weighted by Crippen LogP contribution is -2.73. The van der Waals surface area contributed by atoms with Gasteiger partial charge in [0.1, 0.15) is 17.4 Å². The minimum absolute atomic E-state index is 0.0123. The molecule has 13 nitrogen and oxygen atoms in total. The average Bonchev–Trinajstić information content (AvgIpc) is 3.06. The molecule has 1 heterocycles. The summed E-state index contributed by atoms with van der Waals surface area (Å²) in [5.74, 6) is -8.19. The lowest BCUT2D eigenvalue weighted by Gasteiger charge is -2.53. The van der Waals surface area contributed by atoms with Gasteiger partial charge in [0.2, 0.25) is 11.7 Å². The van der Waals surface area contributed by atoms with Crippen LogP contribution in [-0.2, 0) is 41.6 Å². The smallest absolute Gasteiger partial charge is 0.308 e. The maximum Gasteiger partial charge on any atom is 0.308 e. The molecule has 50 heavy (non-hydrogen) atoms. The monoisotopic (exact) mass is 689 g/mol. The number of nitrogens with two attached hydrogens (primary N) is 1. The number of phenolic OH excluding ortho intramolecular Hbond substituents is 1. The number of amides is 1. The fraction of sp³-hybridized carbons (Fsp3) is 0.486. The molecule has 6 atom stereocenters. The second-order valence-corrected chi connectivity index (χ2v) is 14.3. The van der Waals surface area contributed by atoms with E-state index in [0.29, 0.717) is 37.1 Å². The Balaban J connectivity index is 1.26. The van der Waals surface area contributed by atoms with E-state index in [4.69, 9.17) is 10.5 Å². The van der Waals surface area contributed by atoms with Gasteiger partial charge >= 0.3 is 5.97 Å². The Morgan fingerprint density at radius 2 is 1.70 bits per heavy atom. The van der Waals surface area contributed by atoms with Crippen LogP contribution in [0.3, 0.4) is 0 Å². The number of aliphatic hydroxyl groups excluding tert-OH is 2. The van der Waals surface area contributed by atoms with Crippen LogP contribution in [0.25, 0.3) is 16.9 Å². The van der Waals surface area contributed by atoms with Crippen molar-refractivity contribution in [2.75, 3.05) is 40.8 Å². The Morgan fingerprint density at radius 1 is 1.04 bits per heavy atom. The maximum absolute atomic E-state index is 14.1.